The van der Waals surface area contributed by atoms with E-state index in [0.29, 0.717) is 6.10 Å². The first-order chi connectivity index (χ1) is 7.68. The average Bonchev–Trinajstić information content (AvgIpc) is 2.16. The molecule has 3 atom stereocenters. The Morgan fingerprint density at radius 3 is 2.69 bits per heavy atom. The predicted molar refractivity (Wildman–Crippen MR) is 60.4 cm³/mol. The second kappa shape index (κ2) is 5.15. The van der Waals surface area contributed by atoms with Crippen molar-refractivity contribution in [2.24, 2.45) is 5.92 Å². The van der Waals surface area contributed by atoms with E-state index in [2.05, 4.69) is 4.90 Å². The van der Waals surface area contributed by atoms with Gasteiger partial charge in [-0.15, -0.1) is 0 Å². The normalized spacial score (nSPS) is 34.8. The summed E-state index contributed by atoms with van der Waals surface area (Å²) in [7, 11) is 2.03. The highest BCUT2D eigenvalue weighted by atomic mass is 16.5. The van der Waals surface area contributed by atoms with Gasteiger partial charge in [-0.1, -0.05) is 0 Å². The van der Waals surface area contributed by atoms with E-state index in [1.165, 1.54) is 12.8 Å². The highest BCUT2D eigenvalue weighted by Crippen LogP contribution is 2.32. The number of ether oxygens (including phenoxy) is 1. The topological polar surface area (TPSA) is 49.8 Å². The molecule has 0 amide bonds. The lowest BCUT2D eigenvalue weighted by atomic mass is 9.78. The zero-order valence-electron chi connectivity index (χ0n) is 9.89. The van der Waals surface area contributed by atoms with E-state index >= 15 is 0 Å². The maximum atomic E-state index is 10.9. The molecule has 0 bridgehead atoms. The zero-order valence-corrected chi connectivity index (χ0v) is 9.89. The summed E-state index contributed by atoms with van der Waals surface area (Å²) in [5.74, 6) is -0.804. The first kappa shape index (κ1) is 11.9. The highest BCUT2D eigenvalue weighted by Gasteiger charge is 2.39. The van der Waals surface area contributed by atoms with Crippen LogP contribution >= 0.6 is 0 Å². The summed E-state index contributed by atoms with van der Waals surface area (Å²) >= 11 is 0. The Bertz CT molecular complexity index is 251. The van der Waals surface area contributed by atoms with Gasteiger partial charge in [0.05, 0.1) is 12.0 Å². The number of carboxylic acid groups (broad SMARTS) is 1. The molecular weight excluding hydrogens is 206 g/mol. The van der Waals surface area contributed by atoms with Crippen LogP contribution in [0.4, 0.5) is 0 Å². The third kappa shape index (κ3) is 2.55. The van der Waals surface area contributed by atoms with Gasteiger partial charge in [-0.05, 0) is 39.2 Å². The summed E-state index contributed by atoms with van der Waals surface area (Å²) in [6.07, 6.45) is 5.69. The molecule has 0 radical (unpaired) electrons. The molecule has 1 saturated carbocycles. The second-order valence-corrected chi connectivity index (χ2v) is 5.02. The smallest absolute Gasteiger partial charge is 0.308 e. The van der Waals surface area contributed by atoms with Gasteiger partial charge in [0.25, 0.3) is 0 Å². The quantitative estimate of drug-likeness (QED) is 0.787. The number of hydrogen-bond donors (Lipinski definition) is 1. The number of carboxylic acids is 1. The summed E-state index contributed by atoms with van der Waals surface area (Å²) in [6.45, 7) is 1.75. The molecule has 0 aromatic heterocycles. The summed E-state index contributed by atoms with van der Waals surface area (Å²) in [4.78, 5) is 13.1. The predicted octanol–water partition coefficient (Wildman–Crippen LogP) is 1.35. The minimum atomic E-state index is -0.646. The van der Waals surface area contributed by atoms with E-state index in [1.54, 1.807) is 0 Å². The van der Waals surface area contributed by atoms with E-state index in [0.717, 1.165) is 32.4 Å². The van der Waals surface area contributed by atoms with Crippen molar-refractivity contribution in [1.29, 1.82) is 0 Å². The van der Waals surface area contributed by atoms with Crippen molar-refractivity contribution in [3.8, 4) is 0 Å². The van der Waals surface area contributed by atoms with Gasteiger partial charge in [-0.2, -0.15) is 0 Å². The van der Waals surface area contributed by atoms with Crippen LogP contribution in [0, 0.1) is 5.92 Å². The summed E-state index contributed by atoms with van der Waals surface area (Å²) < 4.78 is 5.67. The molecule has 4 nitrogen and oxygen atoms in total. The van der Waals surface area contributed by atoms with Crippen LogP contribution in [0.2, 0.25) is 0 Å². The minimum absolute atomic E-state index is 0.159. The number of nitrogens with zero attached hydrogens (tertiary/aromatic N) is 1. The fourth-order valence-corrected chi connectivity index (χ4v) is 2.71. The largest absolute Gasteiger partial charge is 0.481 e. The van der Waals surface area contributed by atoms with Crippen molar-refractivity contribution in [2.45, 2.75) is 44.2 Å². The van der Waals surface area contributed by atoms with Crippen LogP contribution in [0.15, 0.2) is 0 Å². The Morgan fingerprint density at radius 1 is 1.38 bits per heavy atom. The average molecular weight is 227 g/mol. The van der Waals surface area contributed by atoms with Gasteiger partial charge in [0, 0.05) is 19.2 Å². The fraction of sp³-hybridized carbons (Fsp3) is 0.917. The molecular formula is C12H21NO3. The van der Waals surface area contributed by atoms with Crippen molar-refractivity contribution in [2.75, 3.05) is 20.2 Å². The zero-order chi connectivity index (χ0) is 11.5. The number of likely N-dealkylation sites (N-methyl/N-ethyl adjacent to an activating group) is 1. The number of carbonyl (C=O) groups is 1. The number of hydrogen-bond acceptors (Lipinski definition) is 3. The van der Waals surface area contributed by atoms with Gasteiger partial charge in [0.1, 0.15) is 0 Å². The molecule has 1 N–H and O–H groups in total. The molecule has 4 heteroatoms. The van der Waals surface area contributed by atoms with Crippen molar-refractivity contribution >= 4 is 5.97 Å². The monoisotopic (exact) mass is 227 g/mol. The van der Waals surface area contributed by atoms with Crippen molar-refractivity contribution in [3.05, 3.63) is 0 Å². The van der Waals surface area contributed by atoms with Crippen molar-refractivity contribution < 1.29 is 14.6 Å². The molecule has 2 aliphatic rings. The standard InChI is InChI=1S/C12H21NO3/c1-13(8-9-4-2-3-7-16-9)11-6-5-10(11)12(14)15/h9-11H,2-8H2,1H3,(H,14,15). The van der Waals surface area contributed by atoms with Gasteiger partial charge in [-0.25, -0.2) is 0 Å². The third-order valence-corrected chi connectivity index (χ3v) is 3.89. The maximum absolute atomic E-state index is 10.9. The lowest BCUT2D eigenvalue weighted by Gasteiger charge is -2.41. The molecule has 92 valence electrons. The van der Waals surface area contributed by atoms with Crippen LogP contribution in [0.5, 0.6) is 0 Å². The van der Waals surface area contributed by atoms with E-state index in [9.17, 15) is 4.79 Å². The third-order valence-electron chi connectivity index (χ3n) is 3.89. The van der Waals surface area contributed by atoms with Crippen LogP contribution in [0.25, 0.3) is 0 Å². The van der Waals surface area contributed by atoms with Gasteiger partial charge in [0.2, 0.25) is 0 Å². The van der Waals surface area contributed by atoms with Crippen LogP contribution in [-0.4, -0.2) is 48.3 Å². The Labute approximate surface area is 96.6 Å². The van der Waals surface area contributed by atoms with Gasteiger partial charge in [0.15, 0.2) is 0 Å². The summed E-state index contributed by atoms with van der Waals surface area (Å²) in [5, 5.41) is 9.00. The number of rotatable bonds is 4. The molecule has 16 heavy (non-hydrogen) atoms. The molecule has 1 saturated heterocycles. The Kier molecular flexibility index (Phi) is 3.82. The SMILES string of the molecule is CN(CC1CCCCO1)C1CCC1C(=O)O. The Hall–Kier alpha value is -0.610. The van der Waals surface area contributed by atoms with Crippen LogP contribution in [-0.2, 0) is 9.53 Å². The van der Waals surface area contributed by atoms with Crippen molar-refractivity contribution in [1.82, 2.24) is 4.90 Å². The lowest BCUT2D eigenvalue weighted by Crippen LogP contribution is -2.51. The summed E-state index contributed by atoms with van der Waals surface area (Å²) in [6, 6.07) is 0.225. The molecule has 2 rings (SSSR count). The van der Waals surface area contributed by atoms with E-state index in [1.807, 2.05) is 7.05 Å². The first-order valence-electron chi connectivity index (χ1n) is 6.23. The molecule has 0 spiro atoms. The van der Waals surface area contributed by atoms with Crippen molar-refractivity contribution in [3.63, 3.8) is 0 Å². The molecule has 0 aromatic carbocycles. The van der Waals surface area contributed by atoms with Crippen LogP contribution < -0.4 is 0 Å². The van der Waals surface area contributed by atoms with Crippen LogP contribution in [0.3, 0.4) is 0 Å². The molecule has 0 aromatic rings. The molecule has 1 aliphatic carbocycles. The molecule has 1 heterocycles. The first-order valence-corrected chi connectivity index (χ1v) is 6.23. The Morgan fingerprint density at radius 2 is 2.19 bits per heavy atom. The van der Waals surface area contributed by atoms with Crippen LogP contribution in [0.1, 0.15) is 32.1 Å². The van der Waals surface area contributed by atoms with E-state index in [-0.39, 0.29) is 12.0 Å². The van der Waals surface area contributed by atoms with E-state index in [4.69, 9.17) is 9.84 Å². The Balaban J connectivity index is 1.78. The fourth-order valence-electron chi connectivity index (χ4n) is 2.71. The lowest BCUT2D eigenvalue weighted by molar-refractivity contribution is -0.149. The van der Waals surface area contributed by atoms with Gasteiger partial charge in [-0.3, -0.25) is 9.69 Å². The highest BCUT2D eigenvalue weighted by molar-refractivity contribution is 5.72. The summed E-state index contributed by atoms with van der Waals surface area (Å²) in [5.41, 5.74) is 0. The number of aliphatic carboxylic acids is 1. The van der Waals surface area contributed by atoms with Gasteiger partial charge >= 0.3 is 5.97 Å². The molecule has 1 aliphatic heterocycles. The maximum Gasteiger partial charge on any atom is 0.308 e. The van der Waals surface area contributed by atoms with E-state index < -0.39 is 5.97 Å². The second-order valence-electron chi connectivity index (χ2n) is 5.02. The van der Waals surface area contributed by atoms with Gasteiger partial charge < -0.3 is 9.84 Å². The minimum Gasteiger partial charge on any atom is -0.481 e. The molecule has 3 unspecified atom stereocenters. The molecule has 2 fully saturated rings.